The van der Waals surface area contributed by atoms with Gasteiger partial charge < -0.3 is 4.74 Å². The molecular weight excluding hydrogens is 212 g/mol. The number of rotatable bonds is 4. The Morgan fingerprint density at radius 3 is 2.94 bits per heavy atom. The van der Waals surface area contributed by atoms with Gasteiger partial charge in [0.05, 0.1) is 12.5 Å². The summed E-state index contributed by atoms with van der Waals surface area (Å²) in [5.74, 6) is 1.95. The van der Waals surface area contributed by atoms with Gasteiger partial charge in [-0.1, -0.05) is 32.0 Å². The highest BCUT2D eigenvalue weighted by Gasteiger charge is 2.25. The van der Waals surface area contributed by atoms with Crippen LogP contribution >= 0.6 is 0 Å². The molecule has 1 aliphatic rings. The minimum absolute atomic E-state index is 0.0589. The van der Waals surface area contributed by atoms with Gasteiger partial charge in [-0.15, -0.1) is 0 Å². The first-order chi connectivity index (χ1) is 8.16. The maximum Gasteiger partial charge on any atom is 0.139 e. The molecule has 1 unspecified atom stereocenters. The zero-order chi connectivity index (χ0) is 12.3. The number of carbonyl (C=O) groups is 1. The fraction of sp³-hybridized carbons (Fsp3) is 0.533. The largest absolute Gasteiger partial charge is 0.493 e. The fourth-order valence-corrected chi connectivity index (χ4v) is 2.17. The highest BCUT2D eigenvalue weighted by atomic mass is 16.5. The topological polar surface area (TPSA) is 26.3 Å². The molecule has 1 heterocycles. The van der Waals surface area contributed by atoms with Crippen LogP contribution in [0.2, 0.25) is 0 Å². The molecule has 0 spiro atoms. The second-order valence-corrected chi connectivity index (χ2v) is 5.22. The van der Waals surface area contributed by atoms with Gasteiger partial charge in [0.25, 0.3) is 0 Å². The van der Waals surface area contributed by atoms with Crippen LogP contribution in [0, 0.1) is 11.8 Å². The summed E-state index contributed by atoms with van der Waals surface area (Å²) in [7, 11) is 0. The molecule has 0 aromatic heterocycles. The number of carbonyl (C=O) groups excluding carboxylic acids is 1. The van der Waals surface area contributed by atoms with E-state index in [2.05, 4.69) is 19.9 Å². The van der Waals surface area contributed by atoms with E-state index < -0.39 is 0 Å². The van der Waals surface area contributed by atoms with Gasteiger partial charge in [-0.3, -0.25) is 4.79 Å². The van der Waals surface area contributed by atoms with E-state index in [9.17, 15) is 4.79 Å². The van der Waals surface area contributed by atoms with Crippen molar-refractivity contribution in [3.63, 3.8) is 0 Å². The van der Waals surface area contributed by atoms with E-state index in [4.69, 9.17) is 4.74 Å². The number of fused-ring (bicyclic) bond motifs is 1. The Morgan fingerprint density at radius 1 is 1.41 bits per heavy atom. The van der Waals surface area contributed by atoms with E-state index in [1.807, 2.05) is 18.2 Å². The van der Waals surface area contributed by atoms with Crippen molar-refractivity contribution >= 4 is 5.78 Å². The molecule has 0 saturated carbocycles. The number of ether oxygens (including phenoxy) is 1. The van der Waals surface area contributed by atoms with Gasteiger partial charge in [-0.25, -0.2) is 0 Å². The van der Waals surface area contributed by atoms with Crippen molar-refractivity contribution < 1.29 is 9.53 Å². The van der Waals surface area contributed by atoms with Crippen molar-refractivity contribution in [3.8, 4) is 5.75 Å². The van der Waals surface area contributed by atoms with Gasteiger partial charge >= 0.3 is 0 Å². The lowest BCUT2D eigenvalue weighted by Gasteiger charge is -2.24. The number of hydrogen-bond acceptors (Lipinski definition) is 2. The van der Waals surface area contributed by atoms with Gasteiger partial charge in [-0.2, -0.15) is 0 Å². The average Bonchev–Trinajstić information content (AvgIpc) is 2.35. The summed E-state index contributed by atoms with van der Waals surface area (Å²) in [4.78, 5) is 12.0. The number of hydrogen-bond donors (Lipinski definition) is 0. The zero-order valence-corrected chi connectivity index (χ0v) is 10.6. The Morgan fingerprint density at radius 2 is 2.18 bits per heavy atom. The number of para-hydroxylation sites is 1. The molecule has 1 aliphatic heterocycles. The summed E-state index contributed by atoms with van der Waals surface area (Å²) < 4.78 is 5.64. The summed E-state index contributed by atoms with van der Waals surface area (Å²) in [6, 6.07) is 8.00. The lowest BCUT2D eigenvalue weighted by atomic mass is 9.90. The Hall–Kier alpha value is -1.31. The Balaban J connectivity index is 1.95. The third-order valence-corrected chi connectivity index (χ3v) is 3.30. The number of ketones is 1. The molecule has 0 N–H and O–H groups in total. The molecule has 2 nitrogen and oxygen atoms in total. The summed E-state index contributed by atoms with van der Waals surface area (Å²) >= 11 is 0. The monoisotopic (exact) mass is 232 g/mol. The Bertz CT molecular complexity index is 396. The van der Waals surface area contributed by atoms with Crippen molar-refractivity contribution in [2.24, 2.45) is 11.8 Å². The van der Waals surface area contributed by atoms with E-state index in [1.54, 1.807) is 0 Å². The maximum atomic E-state index is 12.0. The Kier molecular flexibility index (Phi) is 3.82. The van der Waals surface area contributed by atoms with Crippen LogP contribution in [0.4, 0.5) is 0 Å². The number of Topliss-reactive ketones (excluding diaryl/α,β-unsaturated/α-hetero) is 1. The van der Waals surface area contributed by atoms with Gasteiger partial charge in [0.1, 0.15) is 11.5 Å². The smallest absolute Gasteiger partial charge is 0.139 e. The summed E-state index contributed by atoms with van der Waals surface area (Å²) in [6.07, 6.45) is 2.51. The first-order valence-corrected chi connectivity index (χ1v) is 6.40. The molecule has 92 valence electrons. The summed E-state index contributed by atoms with van der Waals surface area (Å²) in [5.41, 5.74) is 1.17. The molecule has 1 aromatic carbocycles. The van der Waals surface area contributed by atoms with Crippen molar-refractivity contribution in [1.29, 1.82) is 0 Å². The molecule has 2 rings (SSSR count). The highest BCUT2D eigenvalue weighted by molar-refractivity contribution is 5.81. The van der Waals surface area contributed by atoms with Crippen molar-refractivity contribution in [2.45, 2.75) is 33.1 Å². The van der Waals surface area contributed by atoms with Crippen molar-refractivity contribution in [1.82, 2.24) is 0 Å². The molecule has 0 saturated heterocycles. The number of benzene rings is 1. The van der Waals surface area contributed by atoms with Crippen LogP contribution in [0.25, 0.3) is 0 Å². The normalized spacial score (nSPS) is 18.6. The zero-order valence-electron chi connectivity index (χ0n) is 10.6. The second-order valence-electron chi connectivity index (χ2n) is 5.22. The molecule has 2 heteroatoms. The van der Waals surface area contributed by atoms with E-state index >= 15 is 0 Å². The van der Waals surface area contributed by atoms with Gasteiger partial charge in [0, 0.05) is 6.42 Å². The van der Waals surface area contributed by atoms with Crippen LogP contribution in [0.5, 0.6) is 5.75 Å². The summed E-state index contributed by atoms with van der Waals surface area (Å²) in [6.45, 7) is 4.86. The van der Waals surface area contributed by atoms with Crippen LogP contribution in [0.3, 0.4) is 0 Å². The van der Waals surface area contributed by atoms with Gasteiger partial charge in [0.2, 0.25) is 0 Å². The van der Waals surface area contributed by atoms with E-state index in [1.165, 1.54) is 5.56 Å². The molecular formula is C15H20O2. The fourth-order valence-electron chi connectivity index (χ4n) is 2.17. The lowest BCUT2D eigenvalue weighted by molar-refractivity contribution is -0.124. The average molecular weight is 232 g/mol. The van der Waals surface area contributed by atoms with Gasteiger partial charge in [-0.05, 0) is 30.4 Å². The molecule has 0 bridgehead atoms. The predicted octanol–water partition coefficient (Wildman–Crippen LogP) is 3.24. The minimum atomic E-state index is 0.0589. The highest BCUT2D eigenvalue weighted by Crippen LogP contribution is 2.28. The van der Waals surface area contributed by atoms with E-state index in [-0.39, 0.29) is 5.92 Å². The van der Waals surface area contributed by atoms with Crippen LogP contribution in [-0.2, 0) is 11.2 Å². The van der Waals surface area contributed by atoms with Crippen LogP contribution < -0.4 is 4.74 Å². The SMILES string of the molecule is CC(C)CCC(=O)C1COc2ccccc2C1. The van der Waals surface area contributed by atoms with Crippen LogP contribution in [0.15, 0.2) is 24.3 Å². The minimum Gasteiger partial charge on any atom is -0.493 e. The maximum absolute atomic E-state index is 12.0. The third-order valence-electron chi connectivity index (χ3n) is 3.30. The lowest BCUT2D eigenvalue weighted by Crippen LogP contribution is -2.28. The molecule has 0 amide bonds. The molecule has 1 aromatic rings. The predicted molar refractivity (Wildman–Crippen MR) is 68.2 cm³/mol. The van der Waals surface area contributed by atoms with Gasteiger partial charge in [0.15, 0.2) is 0 Å². The third kappa shape index (κ3) is 3.09. The van der Waals surface area contributed by atoms with Crippen molar-refractivity contribution in [2.75, 3.05) is 6.61 Å². The van der Waals surface area contributed by atoms with E-state index in [0.717, 1.165) is 18.6 Å². The molecule has 0 radical (unpaired) electrons. The summed E-state index contributed by atoms with van der Waals surface area (Å²) in [5, 5.41) is 0. The Labute approximate surface area is 103 Å². The second kappa shape index (κ2) is 5.35. The molecule has 0 fully saturated rings. The van der Waals surface area contributed by atoms with E-state index in [0.29, 0.717) is 24.7 Å². The van der Waals surface area contributed by atoms with Crippen molar-refractivity contribution in [3.05, 3.63) is 29.8 Å². The molecule has 1 atom stereocenters. The van der Waals surface area contributed by atoms with Crippen LogP contribution in [0.1, 0.15) is 32.3 Å². The van der Waals surface area contributed by atoms with Crippen LogP contribution in [-0.4, -0.2) is 12.4 Å². The molecule has 0 aliphatic carbocycles. The first-order valence-electron chi connectivity index (χ1n) is 6.40. The first kappa shape index (κ1) is 12.2. The quantitative estimate of drug-likeness (QED) is 0.796. The molecule has 17 heavy (non-hydrogen) atoms. The standard InChI is InChI=1S/C15H20O2/c1-11(2)7-8-14(16)13-9-12-5-3-4-6-15(12)17-10-13/h3-6,11,13H,7-10H2,1-2H3.